The number of methoxy groups -OCH3 is 2. The smallest absolute Gasteiger partial charge is 0.111 e. The minimum atomic E-state index is 0.524. The standard InChI is InChI=1S/C16H28O6/c1-17-9-11-21-15-13-19-7-5-3-4-6-8-20-14-16-22-12-10-18-2/h3-8H,9-16H2,1-2H3/b4-3-,7-5-,8-6-. The van der Waals surface area contributed by atoms with Gasteiger partial charge in [-0.25, -0.2) is 0 Å². The van der Waals surface area contributed by atoms with Crippen LogP contribution in [0.1, 0.15) is 0 Å². The third kappa shape index (κ3) is 18.7. The Balaban J connectivity index is 3.27. The molecule has 6 nitrogen and oxygen atoms in total. The summed E-state index contributed by atoms with van der Waals surface area (Å²) in [5.41, 5.74) is 0. The van der Waals surface area contributed by atoms with E-state index in [1.54, 1.807) is 38.9 Å². The molecule has 0 amide bonds. The summed E-state index contributed by atoms with van der Waals surface area (Å²) in [5, 5.41) is 0. The molecule has 0 atom stereocenters. The minimum absolute atomic E-state index is 0.524. The predicted molar refractivity (Wildman–Crippen MR) is 84.7 cm³/mol. The highest BCUT2D eigenvalue weighted by atomic mass is 16.5. The Morgan fingerprint density at radius 2 is 0.909 bits per heavy atom. The van der Waals surface area contributed by atoms with Gasteiger partial charge >= 0.3 is 0 Å². The van der Waals surface area contributed by atoms with Crippen LogP contribution < -0.4 is 0 Å². The van der Waals surface area contributed by atoms with Gasteiger partial charge in [0.1, 0.15) is 13.2 Å². The topological polar surface area (TPSA) is 55.4 Å². The van der Waals surface area contributed by atoms with Crippen molar-refractivity contribution in [3.05, 3.63) is 36.8 Å². The number of ether oxygens (including phenoxy) is 6. The Morgan fingerprint density at radius 3 is 1.32 bits per heavy atom. The SMILES string of the molecule is COCCOCCO\C=C/C=C\C=C/OCCOCCOC. The number of rotatable bonds is 16. The lowest BCUT2D eigenvalue weighted by molar-refractivity contribution is 0.0464. The lowest BCUT2D eigenvalue weighted by Crippen LogP contribution is -2.06. The lowest BCUT2D eigenvalue weighted by Gasteiger charge is -2.02. The Hall–Kier alpha value is -1.34. The molecule has 0 saturated heterocycles. The molecule has 0 heterocycles. The van der Waals surface area contributed by atoms with Gasteiger partial charge < -0.3 is 28.4 Å². The van der Waals surface area contributed by atoms with Crippen LogP contribution in [0.15, 0.2) is 36.8 Å². The highest BCUT2D eigenvalue weighted by Crippen LogP contribution is 1.86. The van der Waals surface area contributed by atoms with Gasteiger partial charge in [0.2, 0.25) is 0 Å². The molecule has 0 N–H and O–H groups in total. The van der Waals surface area contributed by atoms with E-state index in [4.69, 9.17) is 28.4 Å². The van der Waals surface area contributed by atoms with E-state index in [-0.39, 0.29) is 0 Å². The van der Waals surface area contributed by atoms with Gasteiger partial charge in [0.25, 0.3) is 0 Å². The van der Waals surface area contributed by atoms with Crippen molar-refractivity contribution < 1.29 is 28.4 Å². The van der Waals surface area contributed by atoms with Crippen LogP contribution in [0.25, 0.3) is 0 Å². The third-order valence-electron chi connectivity index (χ3n) is 2.24. The molecule has 0 unspecified atom stereocenters. The summed E-state index contributed by atoms with van der Waals surface area (Å²) >= 11 is 0. The molecule has 0 aromatic rings. The largest absolute Gasteiger partial charge is 0.499 e. The molecule has 0 aliphatic heterocycles. The van der Waals surface area contributed by atoms with Gasteiger partial charge in [-0.3, -0.25) is 0 Å². The van der Waals surface area contributed by atoms with Crippen LogP contribution >= 0.6 is 0 Å². The first-order valence-electron chi connectivity index (χ1n) is 7.26. The molecule has 0 saturated carbocycles. The van der Waals surface area contributed by atoms with Crippen LogP contribution in [-0.4, -0.2) is 67.1 Å². The van der Waals surface area contributed by atoms with Gasteiger partial charge in [-0.15, -0.1) is 0 Å². The maximum atomic E-state index is 5.24. The highest BCUT2D eigenvalue weighted by Gasteiger charge is 1.87. The van der Waals surface area contributed by atoms with Crippen LogP contribution in [0.4, 0.5) is 0 Å². The molecular weight excluding hydrogens is 288 g/mol. The Morgan fingerprint density at radius 1 is 0.500 bits per heavy atom. The van der Waals surface area contributed by atoms with Crippen molar-refractivity contribution in [3.63, 3.8) is 0 Å². The highest BCUT2D eigenvalue weighted by molar-refractivity contribution is 5.08. The van der Waals surface area contributed by atoms with Gasteiger partial charge in [-0.2, -0.15) is 0 Å². The van der Waals surface area contributed by atoms with Gasteiger partial charge in [0, 0.05) is 14.2 Å². The summed E-state index contributed by atoms with van der Waals surface area (Å²) in [4.78, 5) is 0. The lowest BCUT2D eigenvalue weighted by atomic mass is 10.5. The zero-order valence-electron chi connectivity index (χ0n) is 13.6. The van der Waals surface area contributed by atoms with Crippen LogP contribution in [0.5, 0.6) is 0 Å². The molecule has 128 valence electrons. The van der Waals surface area contributed by atoms with Crippen LogP contribution in [0.3, 0.4) is 0 Å². The Labute approximate surface area is 133 Å². The molecule has 0 aromatic heterocycles. The van der Waals surface area contributed by atoms with Crippen molar-refractivity contribution in [1.82, 2.24) is 0 Å². The molecule has 0 rings (SSSR count). The van der Waals surface area contributed by atoms with E-state index in [9.17, 15) is 0 Å². The first-order chi connectivity index (χ1) is 10.9. The normalized spacial score (nSPS) is 11.9. The van der Waals surface area contributed by atoms with Crippen LogP contribution in [0.2, 0.25) is 0 Å². The van der Waals surface area contributed by atoms with Crippen molar-refractivity contribution >= 4 is 0 Å². The van der Waals surface area contributed by atoms with Gasteiger partial charge in [0.15, 0.2) is 0 Å². The van der Waals surface area contributed by atoms with Gasteiger partial charge in [-0.05, 0) is 12.2 Å². The van der Waals surface area contributed by atoms with Crippen LogP contribution in [-0.2, 0) is 28.4 Å². The molecule has 0 radical (unpaired) electrons. The first kappa shape index (κ1) is 20.7. The molecule has 6 heteroatoms. The monoisotopic (exact) mass is 316 g/mol. The van der Waals surface area contributed by atoms with E-state index in [1.807, 2.05) is 12.2 Å². The second kappa shape index (κ2) is 19.7. The number of hydrogen-bond donors (Lipinski definition) is 0. The molecule has 0 aliphatic rings. The van der Waals surface area contributed by atoms with Gasteiger partial charge in [0.05, 0.1) is 52.2 Å². The van der Waals surface area contributed by atoms with Crippen molar-refractivity contribution in [1.29, 1.82) is 0 Å². The molecule has 0 bridgehead atoms. The van der Waals surface area contributed by atoms with Crippen molar-refractivity contribution in [2.24, 2.45) is 0 Å². The molecule has 0 spiro atoms. The Bertz CT molecular complexity index is 260. The number of hydrogen-bond acceptors (Lipinski definition) is 6. The van der Waals surface area contributed by atoms with E-state index < -0.39 is 0 Å². The summed E-state index contributed by atoms with van der Waals surface area (Å²) in [6, 6.07) is 0. The summed E-state index contributed by atoms with van der Waals surface area (Å²) in [6.07, 6.45) is 10.5. The van der Waals surface area contributed by atoms with E-state index >= 15 is 0 Å². The van der Waals surface area contributed by atoms with E-state index in [0.29, 0.717) is 52.9 Å². The zero-order valence-corrected chi connectivity index (χ0v) is 13.6. The van der Waals surface area contributed by atoms with E-state index in [1.165, 1.54) is 0 Å². The maximum absolute atomic E-state index is 5.24. The summed E-state index contributed by atoms with van der Waals surface area (Å²) in [7, 11) is 3.29. The third-order valence-corrected chi connectivity index (χ3v) is 2.24. The minimum Gasteiger partial charge on any atom is -0.499 e. The fourth-order valence-electron chi connectivity index (χ4n) is 1.17. The zero-order chi connectivity index (χ0) is 16.1. The van der Waals surface area contributed by atoms with Crippen molar-refractivity contribution in [2.75, 3.05) is 67.1 Å². The summed E-state index contributed by atoms with van der Waals surface area (Å²) in [6.45, 7) is 4.54. The molecule has 0 aromatic carbocycles. The quantitative estimate of drug-likeness (QED) is 0.246. The molecule has 22 heavy (non-hydrogen) atoms. The second-order valence-electron chi connectivity index (χ2n) is 3.99. The average Bonchev–Trinajstić information content (AvgIpc) is 2.54. The van der Waals surface area contributed by atoms with Crippen LogP contribution in [0, 0.1) is 0 Å². The predicted octanol–water partition coefficient (Wildman–Crippen LogP) is 1.93. The van der Waals surface area contributed by atoms with E-state index in [0.717, 1.165) is 0 Å². The maximum Gasteiger partial charge on any atom is 0.111 e. The fourth-order valence-corrected chi connectivity index (χ4v) is 1.17. The van der Waals surface area contributed by atoms with E-state index in [2.05, 4.69) is 0 Å². The van der Waals surface area contributed by atoms with Crippen molar-refractivity contribution in [3.8, 4) is 0 Å². The molecular formula is C16H28O6. The molecule has 0 fully saturated rings. The average molecular weight is 316 g/mol. The Kier molecular flexibility index (Phi) is 18.5. The second-order valence-corrected chi connectivity index (χ2v) is 3.99. The number of allylic oxidation sites excluding steroid dienone is 4. The molecule has 0 aliphatic carbocycles. The summed E-state index contributed by atoms with van der Waals surface area (Å²) in [5.74, 6) is 0. The fraction of sp³-hybridized carbons (Fsp3) is 0.625. The van der Waals surface area contributed by atoms with Gasteiger partial charge in [-0.1, -0.05) is 12.2 Å². The summed E-state index contributed by atoms with van der Waals surface area (Å²) < 4.78 is 30.6. The first-order valence-corrected chi connectivity index (χ1v) is 7.26. The van der Waals surface area contributed by atoms with Crippen molar-refractivity contribution in [2.45, 2.75) is 0 Å².